The zero-order valence-electron chi connectivity index (χ0n) is 13.4. The molecule has 1 N–H and O–H groups in total. The number of carbonyl (C=O) groups is 1. The molecule has 1 aromatic heterocycles. The second-order valence-corrected chi connectivity index (χ2v) is 5.56. The number of halogens is 1. The number of aromatic nitrogens is 2. The van der Waals surface area contributed by atoms with Crippen molar-refractivity contribution >= 4 is 11.7 Å². The number of nitrogens with zero attached hydrogens (tertiary/aromatic N) is 4. The van der Waals surface area contributed by atoms with E-state index in [1.54, 1.807) is 17.0 Å². The van der Waals surface area contributed by atoms with Crippen LogP contribution in [0.4, 0.5) is 14.9 Å². The van der Waals surface area contributed by atoms with Crippen LogP contribution in [0.15, 0.2) is 36.7 Å². The number of urea groups is 1. The summed E-state index contributed by atoms with van der Waals surface area (Å²) in [6.45, 7) is 0.869. The first-order chi connectivity index (χ1) is 12.2. The van der Waals surface area contributed by atoms with Gasteiger partial charge < -0.3 is 15.0 Å². The van der Waals surface area contributed by atoms with Gasteiger partial charge in [0.25, 0.3) is 5.88 Å². The molecule has 3 rings (SSSR count). The number of ether oxygens (including phenoxy) is 1. The third-order valence-corrected chi connectivity index (χ3v) is 3.83. The van der Waals surface area contributed by atoms with Crippen LogP contribution in [0, 0.1) is 17.1 Å². The molecule has 8 heteroatoms. The summed E-state index contributed by atoms with van der Waals surface area (Å²) in [5.41, 5.74) is 0.242. The first-order valence-corrected chi connectivity index (χ1v) is 7.85. The molecule has 1 aliphatic rings. The van der Waals surface area contributed by atoms with Gasteiger partial charge in [0.1, 0.15) is 18.0 Å². The first-order valence-electron chi connectivity index (χ1n) is 7.85. The van der Waals surface area contributed by atoms with Crippen LogP contribution in [0.5, 0.6) is 5.88 Å². The lowest BCUT2D eigenvalue weighted by atomic mass is 10.1. The Balaban J connectivity index is 1.64. The summed E-state index contributed by atoms with van der Waals surface area (Å²) in [4.78, 5) is 21.8. The molecule has 0 spiro atoms. The summed E-state index contributed by atoms with van der Waals surface area (Å²) in [5.74, 6) is -0.328. The maximum absolute atomic E-state index is 13.7. The Kier molecular flexibility index (Phi) is 5.04. The van der Waals surface area contributed by atoms with Crippen LogP contribution in [0.2, 0.25) is 0 Å². The highest BCUT2D eigenvalue weighted by Crippen LogP contribution is 2.20. The fourth-order valence-corrected chi connectivity index (χ4v) is 2.62. The summed E-state index contributed by atoms with van der Waals surface area (Å²) in [7, 11) is 0. The van der Waals surface area contributed by atoms with Crippen molar-refractivity contribution < 1.29 is 13.9 Å². The van der Waals surface area contributed by atoms with Crippen LogP contribution in [0.1, 0.15) is 18.5 Å². The van der Waals surface area contributed by atoms with Gasteiger partial charge in [-0.15, -0.1) is 0 Å². The third kappa shape index (κ3) is 4.01. The van der Waals surface area contributed by atoms with E-state index in [0.29, 0.717) is 13.1 Å². The summed E-state index contributed by atoms with van der Waals surface area (Å²) < 4.78 is 19.4. The minimum absolute atomic E-state index is 0.107. The van der Waals surface area contributed by atoms with E-state index in [-0.39, 0.29) is 23.4 Å². The molecule has 2 aromatic rings. The van der Waals surface area contributed by atoms with Crippen molar-refractivity contribution in [3.63, 3.8) is 0 Å². The maximum atomic E-state index is 13.7. The normalized spacial score (nSPS) is 16.8. The molecule has 2 heterocycles. The topological polar surface area (TPSA) is 91.1 Å². The predicted molar refractivity (Wildman–Crippen MR) is 87.4 cm³/mol. The molecule has 1 fully saturated rings. The molecular formula is C17H16FN5O2. The quantitative estimate of drug-likeness (QED) is 0.926. The van der Waals surface area contributed by atoms with Gasteiger partial charge in [-0.05, 0) is 25.0 Å². The van der Waals surface area contributed by atoms with Gasteiger partial charge in [0.15, 0.2) is 0 Å². The molecular weight excluding hydrogens is 325 g/mol. The molecule has 0 bridgehead atoms. The Morgan fingerprint density at radius 2 is 2.16 bits per heavy atom. The number of hydrogen-bond donors (Lipinski definition) is 1. The molecule has 7 nitrogen and oxygen atoms in total. The standard InChI is InChI=1S/C17H16FN5O2/c18-13-5-1-2-6-14(13)22-17(24)23-9-3-4-12(11-23)25-16-15(10-19)20-7-8-21-16/h1-2,5-8,12H,3-4,9,11H2,(H,22,24). The Bertz CT molecular complexity index is 808. The van der Waals surface area contributed by atoms with Gasteiger partial charge in [0, 0.05) is 18.9 Å². The SMILES string of the molecule is N#Cc1nccnc1OC1CCCN(C(=O)Nc2ccccc2F)C1. The highest BCUT2D eigenvalue weighted by Gasteiger charge is 2.26. The lowest BCUT2D eigenvalue weighted by Crippen LogP contribution is -2.46. The van der Waals surface area contributed by atoms with E-state index >= 15 is 0 Å². The molecule has 25 heavy (non-hydrogen) atoms. The van der Waals surface area contributed by atoms with Gasteiger partial charge in [0.2, 0.25) is 5.69 Å². The average Bonchev–Trinajstić information content (AvgIpc) is 2.64. The highest BCUT2D eigenvalue weighted by atomic mass is 19.1. The van der Waals surface area contributed by atoms with E-state index < -0.39 is 11.8 Å². The van der Waals surface area contributed by atoms with Gasteiger partial charge in [-0.1, -0.05) is 12.1 Å². The Morgan fingerprint density at radius 1 is 1.36 bits per heavy atom. The highest BCUT2D eigenvalue weighted by molar-refractivity contribution is 5.89. The number of amides is 2. The zero-order valence-corrected chi connectivity index (χ0v) is 13.4. The van der Waals surface area contributed by atoms with Crippen LogP contribution in [0.3, 0.4) is 0 Å². The Hall–Kier alpha value is -3.21. The molecule has 0 aliphatic carbocycles. The second kappa shape index (κ2) is 7.57. The first kappa shape index (κ1) is 16.6. The van der Waals surface area contributed by atoms with E-state index in [0.717, 1.165) is 12.8 Å². The van der Waals surface area contributed by atoms with Crippen molar-refractivity contribution in [2.45, 2.75) is 18.9 Å². The molecule has 0 radical (unpaired) electrons. The third-order valence-electron chi connectivity index (χ3n) is 3.83. The van der Waals surface area contributed by atoms with Crippen molar-refractivity contribution in [3.05, 3.63) is 48.2 Å². The smallest absolute Gasteiger partial charge is 0.322 e. The van der Waals surface area contributed by atoms with E-state index in [9.17, 15) is 9.18 Å². The van der Waals surface area contributed by atoms with Crippen molar-refractivity contribution in [1.82, 2.24) is 14.9 Å². The number of carbonyl (C=O) groups excluding carboxylic acids is 1. The fraction of sp³-hybridized carbons (Fsp3) is 0.294. The minimum atomic E-state index is -0.487. The number of anilines is 1. The molecule has 1 saturated heterocycles. The molecule has 1 atom stereocenters. The Labute approximate surface area is 144 Å². The number of benzene rings is 1. The second-order valence-electron chi connectivity index (χ2n) is 5.56. The number of likely N-dealkylation sites (tertiary alicyclic amines) is 1. The summed E-state index contributed by atoms with van der Waals surface area (Å²) in [6, 6.07) is 7.54. The van der Waals surface area contributed by atoms with Gasteiger partial charge >= 0.3 is 6.03 Å². The van der Waals surface area contributed by atoms with Crippen LogP contribution in [-0.4, -0.2) is 40.1 Å². The lowest BCUT2D eigenvalue weighted by Gasteiger charge is -2.32. The van der Waals surface area contributed by atoms with Gasteiger partial charge in [-0.25, -0.2) is 19.2 Å². The number of nitriles is 1. The number of piperidine rings is 1. The average molecular weight is 341 g/mol. The van der Waals surface area contributed by atoms with Gasteiger partial charge in [0.05, 0.1) is 12.2 Å². The molecule has 1 aromatic carbocycles. The number of nitrogens with one attached hydrogen (secondary N) is 1. The van der Waals surface area contributed by atoms with Gasteiger partial charge in [-0.3, -0.25) is 0 Å². The molecule has 1 aliphatic heterocycles. The number of para-hydroxylation sites is 1. The zero-order chi connectivity index (χ0) is 17.6. The van der Waals surface area contributed by atoms with E-state index in [1.807, 2.05) is 6.07 Å². The van der Waals surface area contributed by atoms with Crippen LogP contribution in [-0.2, 0) is 0 Å². The molecule has 1 unspecified atom stereocenters. The maximum Gasteiger partial charge on any atom is 0.322 e. The monoisotopic (exact) mass is 341 g/mol. The van der Waals surface area contributed by atoms with Crippen molar-refractivity contribution in [2.24, 2.45) is 0 Å². The minimum Gasteiger partial charge on any atom is -0.470 e. The Morgan fingerprint density at radius 3 is 2.96 bits per heavy atom. The summed E-state index contributed by atoms with van der Waals surface area (Å²) in [6.07, 6.45) is 4.02. The predicted octanol–water partition coefficient (Wildman–Crippen LogP) is 2.56. The lowest BCUT2D eigenvalue weighted by molar-refractivity contribution is 0.102. The van der Waals surface area contributed by atoms with Crippen LogP contribution < -0.4 is 10.1 Å². The van der Waals surface area contributed by atoms with Gasteiger partial charge in [-0.2, -0.15) is 5.26 Å². The fourth-order valence-electron chi connectivity index (χ4n) is 2.62. The summed E-state index contributed by atoms with van der Waals surface area (Å²) in [5, 5.41) is 11.6. The largest absolute Gasteiger partial charge is 0.470 e. The molecule has 0 saturated carbocycles. The van der Waals surface area contributed by atoms with Crippen molar-refractivity contribution in [2.75, 3.05) is 18.4 Å². The van der Waals surface area contributed by atoms with Crippen molar-refractivity contribution in [1.29, 1.82) is 5.26 Å². The van der Waals surface area contributed by atoms with E-state index in [4.69, 9.17) is 10.00 Å². The number of hydrogen-bond acceptors (Lipinski definition) is 5. The van der Waals surface area contributed by atoms with Crippen LogP contribution in [0.25, 0.3) is 0 Å². The molecule has 2 amide bonds. The van der Waals surface area contributed by atoms with Crippen LogP contribution >= 0.6 is 0 Å². The van der Waals surface area contributed by atoms with E-state index in [1.165, 1.54) is 24.5 Å². The number of rotatable bonds is 3. The summed E-state index contributed by atoms with van der Waals surface area (Å²) >= 11 is 0. The van der Waals surface area contributed by atoms with E-state index in [2.05, 4.69) is 15.3 Å². The molecule has 128 valence electrons. The van der Waals surface area contributed by atoms with Crippen molar-refractivity contribution in [3.8, 4) is 11.9 Å².